The van der Waals surface area contributed by atoms with Gasteiger partial charge in [-0.3, -0.25) is 14.3 Å². The van der Waals surface area contributed by atoms with Gasteiger partial charge in [0.05, 0.1) is 31.1 Å². The van der Waals surface area contributed by atoms with Gasteiger partial charge >= 0.3 is 0 Å². The molecule has 2 aromatic rings. The van der Waals surface area contributed by atoms with E-state index in [1.54, 1.807) is 41.3 Å². The minimum absolute atomic E-state index is 0.0918. The molecule has 0 unspecified atom stereocenters. The molecule has 0 spiro atoms. The molecule has 0 radical (unpaired) electrons. The van der Waals surface area contributed by atoms with Crippen molar-refractivity contribution in [3.8, 4) is 0 Å². The van der Waals surface area contributed by atoms with Gasteiger partial charge in [0.1, 0.15) is 0 Å². The first-order chi connectivity index (χ1) is 11.2. The van der Waals surface area contributed by atoms with E-state index in [0.29, 0.717) is 17.9 Å². The van der Waals surface area contributed by atoms with Crippen LogP contribution in [0.15, 0.2) is 42.7 Å². The molecular formula is C16H18N4O3. The fourth-order valence-electron chi connectivity index (χ4n) is 2.39. The monoisotopic (exact) mass is 314 g/mol. The van der Waals surface area contributed by atoms with E-state index >= 15 is 0 Å². The molecule has 2 heterocycles. The Bertz CT molecular complexity index is 678. The molecule has 1 aromatic heterocycles. The summed E-state index contributed by atoms with van der Waals surface area (Å²) in [7, 11) is 0. The van der Waals surface area contributed by atoms with E-state index in [4.69, 9.17) is 4.74 Å². The van der Waals surface area contributed by atoms with E-state index in [2.05, 4.69) is 15.7 Å². The van der Waals surface area contributed by atoms with Crippen LogP contribution in [0.5, 0.6) is 0 Å². The fraction of sp³-hybridized carbons (Fsp3) is 0.312. The molecule has 1 aromatic carbocycles. The van der Waals surface area contributed by atoms with Gasteiger partial charge in [0.25, 0.3) is 5.91 Å². The molecule has 1 aliphatic rings. The fourth-order valence-corrected chi connectivity index (χ4v) is 2.39. The van der Waals surface area contributed by atoms with Gasteiger partial charge in [0.2, 0.25) is 5.91 Å². The minimum atomic E-state index is -0.295. The summed E-state index contributed by atoms with van der Waals surface area (Å²) in [6.07, 6.45) is 4.29. The Morgan fingerprint density at radius 3 is 2.87 bits per heavy atom. The number of nitrogens with one attached hydrogen (secondary N) is 2. The van der Waals surface area contributed by atoms with Gasteiger partial charge in [0.15, 0.2) is 0 Å². The van der Waals surface area contributed by atoms with Gasteiger partial charge in [0, 0.05) is 18.4 Å². The number of ether oxygens (including phenoxy) is 1. The zero-order valence-corrected chi connectivity index (χ0v) is 12.6. The van der Waals surface area contributed by atoms with Crippen molar-refractivity contribution in [1.29, 1.82) is 0 Å². The van der Waals surface area contributed by atoms with Gasteiger partial charge in [-0.05, 0) is 18.6 Å². The summed E-state index contributed by atoms with van der Waals surface area (Å²) in [5.41, 5.74) is 1.13. The number of nitrogens with zero attached hydrogens (tertiary/aromatic N) is 2. The third kappa shape index (κ3) is 3.95. The number of carbonyl (C=O) groups is 2. The van der Waals surface area contributed by atoms with Crippen molar-refractivity contribution in [2.75, 3.05) is 25.1 Å². The topological polar surface area (TPSA) is 85.3 Å². The Kier molecular flexibility index (Phi) is 4.68. The van der Waals surface area contributed by atoms with Crippen LogP contribution in [0.25, 0.3) is 0 Å². The molecule has 0 bridgehead atoms. The van der Waals surface area contributed by atoms with Crippen LogP contribution in [-0.2, 0) is 9.53 Å². The SMILES string of the molecule is O=C(CNC(=O)c1ccccc1)Nc1cnn([C@H]2CCOC2)c1. The average Bonchev–Trinajstić information content (AvgIpc) is 3.24. The van der Waals surface area contributed by atoms with Crippen molar-refractivity contribution in [1.82, 2.24) is 15.1 Å². The molecule has 23 heavy (non-hydrogen) atoms. The van der Waals surface area contributed by atoms with Crippen LogP contribution in [0.2, 0.25) is 0 Å². The first kappa shape index (κ1) is 15.2. The quantitative estimate of drug-likeness (QED) is 0.869. The van der Waals surface area contributed by atoms with Crippen LogP contribution in [-0.4, -0.2) is 41.4 Å². The summed E-state index contributed by atoms with van der Waals surface area (Å²) < 4.78 is 7.11. The Morgan fingerprint density at radius 1 is 1.30 bits per heavy atom. The van der Waals surface area contributed by atoms with Crippen molar-refractivity contribution in [3.05, 3.63) is 48.3 Å². The second kappa shape index (κ2) is 7.06. The van der Waals surface area contributed by atoms with Crippen molar-refractivity contribution in [2.24, 2.45) is 0 Å². The van der Waals surface area contributed by atoms with Crippen LogP contribution in [0.1, 0.15) is 22.8 Å². The van der Waals surface area contributed by atoms with Crippen LogP contribution >= 0.6 is 0 Å². The maximum absolute atomic E-state index is 11.9. The molecule has 2 N–H and O–H groups in total. The average molecular weight is 314 g/mol. The Hall–Kier alpha value is -2.67. The molecule has 1 atom stereocenters. The summed E-state index contributed by atoms with van der Waals surface area (Å²) in [4.78, 5) is 23.7. The highest BCUT2D eigenvalue weighted by Gasteiger charge is 2.18. The van der Waals surface area contributed by atoms with Gasteiger partial charge in [-0.15, -0.1) is 0 Å². The lowest BCUT2D eigenvalue weighted by atomic mass is 10.2. The third-order valence-corrected chi connectivity index (χ3v) is 3.61. The number of carbonyl (C=O) groups excluding carboxylic acids is 2. The number of benzene rings is 1. The van der Waals surface area contributed by atoms with E-state index in [1.807, 2.05) is 6.07 Å². The Balaban J connectivity index is 1.48. The van der Waals surface area contributed by atoms with Crippen LogP contribution in [0.4, 0.5) is 5.69 Å². The molecule has 120 valence electrons. The molecule has 1 aliphatic heterocycles. The van der Waals surface area contributed by atoms with Crippen molar-refractivity contribution in [3.63, 3.8) is 0 Å². The molecule has 0 aliphatic carbocycles. The zero-order chi connectivity index (χ0) is 16.1. The number of hydrogen-bond acceptors (Lipinski definition) is 4. The lowest BCUT2D eigenvalue weighted by Crippen LogP contribution is -2.32. The lowest BCUT2D eigenvalue weighted by molar-refractivity contribution is -0.115. The highest BCUT2D eigenvalue weighted by Crippen LogP contribution is 2.19. The van der Waals surface area contributed by atoms with Crippen molar-refractivity contribution < 1.29 is 14.3 Å². The highest BCUT2D eigenvalue weighted by molar-refractivity contribution is 5.99. The predicted octanol–water partition coefficient (Wildman–Crippen LogP) is 1.21. The summed E-state index contributed by atoms with van der Waals surface area (Å²) in [5.74, 6) is -0.573. The number of hydrogen-bond donors (Lipinski definition) is 2. The highest BCUT2D eigenvalue weighted by atomic mass is 16.5. The number of rotatable bonds is 5. The maximum atomic E-state index is 11.9. The van der Waals surface area contributed by atoms with E-state index < -0.39 is 0 Å². The van der Waals surface area contributed by atoms with Crippen molar-refractivity contribution >= 4 is 17.5 Å². The van der Waals surface area contributed by atoms with E-state index in [0.717, 1.165) is 13.0 Å². The smallest absolute Gasteiger partial charge is 0.251 e. The first-order valence-electron chi connectivity index (χ1n) is 7.47. The summed E-state index contributed by atoms with van der Waals surface area (Å²) in [6.45, 7) is 1.28. The molecule has 0 saturated carbocycles. The largest absolute Gasteiger partial charge is 0.379 e. The van der Waals surface area contributed by atoms with Crippen LogP contribution < -0.4 is 10.6 Å². The predicted molar refractivity (Wildman–Crippen MR) is 84.1 cm³/mol. The molecular weight excluding hydrogens is 296 g/mol. The lowest BCUT2D eigenvalue weighted by Gasteiger charge is -2.07. The Morgan fingerprint density at radius 2 is 2.13 bits per heavy atom. The van der Waals surface area contributed by atoms with E-state index in [-0.39, 0.29) is 24.4 Å². The molecule has 7 heteroatoms. The van der Waals surface area contributed by atoms with Gasteiger partial charge in [-0.2, -0.15) is 5.10 Å². The molecule has 1 fully saturated rings. The van der Waals surface area contributed by atoms with Gasteiger partial charge in [-0.25, -0.2) is 0 Å². The van der Waals surface area contributed by atoms with Crippen LogP contribution in [0.3, 0.4) is 0 Å². The summed E-state index contributed by atoms with van der Waals surface area (Å²) >= 11 is 0. The summed E-state index contributed by atoms with van der Waals surface area (Å²) in [5, 5.41) is 9.53. The second-order valence-electron chi connectivity index (χ2n) is 5.32. The molecule has 2 amide bonds. The molecule has 7 nitrogen and oxygen atoms in total. The third-order valence-electron chi connectivity index (χ3n) is 3.61. The van der Waals surface area contributed by atoms with Gasteiger partial charge in [-0.1, -0.05) is 18.2 Å². The maximum Gasteiger partial charge on any atom is 0.251 e. The standard InChI is InChI=1S/C16H18N4O3/c21-15(9-17-16(22)12-4-2-1-3-5-12)19-13-8-18-20(10-13)14-6-7-23-11-14/h1-5,8,10,14H,6-7,9,11H2,(H,17,22)(H,19,21)/t14-/m0/s1. The second-order valence-corrected chi connectivity index (χ2v) is 5.32. The molecule has 3 rings (SSSR count). The zero-order valence-electron chi connectivity index (χ0n) is 12.6. The van der Waals surface area contributed by atoms with Crippen LogP contribution in [0, 0.1) is 0 Å². The number of anilines is 1. The first-order valence-corrected chi connectivity index (χ1v) is 7.47. The van der Waals surface area contributed by atoms with Gasteiger partial charge < -0.3 is 15.4 Å². The summed E-state index contributed by atoms with van der Waals surface area (Å²) in [6, 6.07) is 8.99. The number of amides is 2. The molecule has 1 saturated heterocycles. The number of aromatic nitrogens is 2. The van der Waals surface area contributed by atoms with Crippen molar-refractivity contribution in [2.45, 2.75) is 12.5 Å². The normalized spacial score (nSPS) is 17.0. The van der Waals surface area contributed by atoms with E-state index in [1.165, 1.54) is 0 Å². The minimum Gasteiger partial charge on any atom is -0.379 e. The van der Waals surface area contributed by atoms with E-state index in [9.17, 15) is 9.59 Å². The Labute approximate surface area is 133 Å².